The van der Waals surface area contributed by atoms with Crippen LogP contribution in [-0.2, 0) is 0 Å². The minimum atomic E-state index is -0.534. The molecule has 1 aliphatic heterocycles. The van der Waals surface area contributed by atoms with E-state index < -0.39 is 11.0 Å². The Labute approximate surface area is 115 Å². The second kappa shape index (κ2) is 5.55. The molecule has 0 radical (unpaired) electrons. The van der Waals surface area contributed by atoms with Gasteiger partial charge in [0.1, 0.15) is 5.69 Å². The Morgan fingerprint density at radius 3 is 2.80 bits per heavy atom. The molecule has 9 nitrogen and oxygen atoms in total. The van der Waals surface area contributed by atoms with Crippen LogP contribution >= 0.6 is 0 Å². The van der Waals surface area contributed by atoms with E-state index in [-0.39, 0.29) is 29.1 Å². The van der Waals surface area contributed by atoms with Crippen LogP contribution in [0.4, 0.5) is 17.5 Å². The second-order valence-corrected chi connectivity index (χ2v) is 4.99. The predicted octanol–water partition coefficient (Wildman–Crippen LogP) is 0.186. The zero-order valence-electron chi connectivity index (χ0n) is 11.4. The standard InChI is InChI=1S/C11H18N6O3/c1-6-3-4-16(5-8(6)18)10-9(17(19)20)7(2)13-11(14-10)15-12/h6,8,18H,3-5,12H2,1-2H3,(H,13,14,15). The third kappa shape index (κ3) is 2.63. The van der Waals surface area contributed by atoms with Gasteiger partial charge < -0.3 is 10.0 Å². The highest BCUT2D eigenvalue weighted by Gasteiger charge is 2.31. The fraction of sp³-hybridized carbons (Fsp3) is 0.636. The zero-order valence-corrected chi connectivity index (χ0v) is 11.4. The molecule has 2 atom stereocenters. The van der Waals surface area contributed by atoms with Gasteiger partial charge in [-0.1, -0.05) is 6.92 Å². The number of hydrazine groups is 1. The smallest absolute Gasteiger partial charge is 0.332 e. The average molecular weight is 282 g/mol. The van der Waals surface area contributed by atoms with Gasteiger partial charge >= 0.3 is 5.69 Å². The Morgan fingerprint density at radius 1 is 1.55 bits per heavy atom. The van der Waals surface area contributed by atoms with Gasteiger partial charge in [-0.25, -0.2) is 10.8 Å². The van der Waals surface area contributed by atoms with Crippen molar-refractivity contribution in [2.45, 2.75) is 26.4 Å². The number of nitrogens with one attached hydrogen (secondary N) is 1. The Morgan fingerprint density at radius 2 is 2.25 bits per heavy atom. The van der Waals surface area contributed by atoms with Crippen LogP contribution in [0.2, 0.25) is 0 Å². The Kier molecular flexibility index (Phi) is 4.00. The van der Waals surface area contributed by atoms with Gasteiger partial charge in [-0.15, -0.1) is 0 Å². The summed E-state index contributed by atoms with van der Waals surface area (Å²) in [6.45, 7) is 4.39. The van der Waals surface area contributed by atoms with E-state index in [1.165, 1.54) is 6.92 Å². The number of nitrogens with zero attached hydrogens (tertiary/aromatic N) is 4. The van der Waals surface area contributed by atoms with Crippen LogP contribution in [0.15, 0.2) is 0 Å². The van der Waals surface area contributed by atoms with E-state index >= 15 is 0 Å². The first kappa shape index (κ1) is 14.4. The quantitative estimate of drug-likeness (QED) is 0.406. The summed E-state index contributed by atoms with van der Waals surface area (Å²) >= 11 is 0. The van der Waals surface area contributed by atoms with E-state index in [1.807, 2.05) is 6.92 Å². The van der Waals surface area contributed by atoms with E-state index in [2.05, 4.69) is 15.4 Å². The van der Waals surface area contributed by atoms with Gasteiger partial charge in [0, 0.05) is 13.1 Å². The van der Waals surface area contributed by atoms with Crippen LogP contribution in [0.5, 0.6) is 0 Å². The molecule has 2 rings (SSSR count). The number of aliphatic hydroxyl groups is 1. The third-order valence-corrected chi connectivity index (χ3v) is 3.57. The molecule has 110 valence electrons. The summed E-state index contributed by atoms with van der Waals surface area (Å²) in [5.74, 6) is 5.76. The average Bonchev–Trinajstić information content (AvgIpc) is 2.40. The highest BCUT2D eigenvalue weighted by atomic mass is 16.6. The lowest BCUT2D eigenvalue weighted by Gasteiger charge is -2.34. The van der Waals surface area contributed by atoms with E-state index in [0.717, 1.165) is 6.42 Å². The monoisotopic (exact) mass is 282 g/mol. The van der Waals surface area contributed by atoms with Crippen LogP contribution in [0.3, 0.4) is 0 Å². The molecular formula is C11H18N6O3. The molecule has 4 N–H and O–H groups in total. The predicted molar refractivity (Wildman–Crippen MR) is 73.2 cm³/mol. The van der Waals surface area contributed by atoms with Gasteiger partial charge in [0.25, 0.3) is 0 Å². The van der Waals surface area contributed by atoms with Crippen molar-refractivity contribution in [3.05, 3.63) is 15.8 Å². The molecule has 20 heavy (non-hydrogen) atoms. The molecule has 0 bridgehead atoms. The van der Waals surface area contributed by atoms with Crippen molar-refractivity contribution >= 4 is 17.5 Å². The molecule has 0 aromatic carbocycles. The van der Waals surface area contributed by atoms with Crippen molar-refractivity contribution in [2.24, 2.45) is 11.8 Å². The lowest BCUT2D eigenvalue weighted by Crippen LogP contribution is -2.43. The summed E-state index contributed by atoms with van der Waals surface area (Å²) < 4.78 is 0. The van der Waals surface area contributed by atoms with Crippen molar-refractivity contribution in [2.75, 3.05) is 23.4 Å². The summed E-state index contributed by atoms with van der Waals surface area (Å²) in [7, 11) is 0. The molecule has 1 aliphatic rings. The molecule has 2 heterocycles. The van der Waals surface area contributed by atoms with Crippen LogP contribution < -0.4 is 16.2 Å². The molecule has 0 amide bonds. The summed E-state index contributed by atoms with van der Waals surface area (Å²) in [5.41, 5.74) is 2.39. The minimum absolute atomic E-state index is 0.121. The van der Waals surface area contributed by atoms with Crippen molar-refractivity contribution < 1.29 is 10.0 Å². The molecule has 1 aromatic heterocycles. The highest BCUT2D eigenvalue weighted by molar-refractivity contribution is 5.62. The van der Waals surface area contributed by atoms with Crippen LogP contribution in [0, 0.1) is 23.0 Å². The second-order valence-electron chi connectivity index (χ2n) is 4.99. The van der Waals surface area contributed by atoms with Gasteiger partial charge in [-0.05, 0) is 19.3 Å². The first-order chi connectivity index (χ1) is 9.43. The third-order valence-electron chi connectivity index (χ3n) is 3.57. The number of nitrogen functional groups attached to an aromatic ring is 1. The number of hydrogen-bond acceptors (Lipinski definition) is 8. The van der Waals surface area contributed by atoms with Crippen molar-refractivity contribution in [3.63, 3.8) is 0 Å². The number of hydrogen-bond donors (Lipinski definition) is 3. The van der Waals surface area contributed by atoms with Crippen molar-refractivity contribution in [1.82, 2.24) is 9.97 Å². The van der Waals surface area contributed by atoms with Crippen LogP contribution in [0.25, 0.3) is 0 Å². The molecule has 1 saturated heterocycles. The van der Waals surface area contributed by atoms with Crippen LogP contribution in [-0.4, -0.2) is 39.2 Å². The number of nitrogens with two attached hydrogens (primary N) is 1. The van der Waals surface area contributed by atoms with Gasteiger partial charge in [-0.2, -0.15) is 4.98 Å². The van der Waals surface area contributed by atoms with E-state index in [9.17, 15) is 15.2 Å². The van der Waals surface area contributed by atoms with E-state index in [1.54, 1.807) is 4.90 Å². The number of anilines is 2. The molecular weight excluding hydrogens is 264 g/mol. The number of nitro groups is 1. The van der Waals surface area contributed by atoms with E-state index in [0.29, 0.717) is 13.1 Å². The number of piperidine rings is 1. The topological polar surface area (TPSA) is 130 Å². The fourth-order valence-electron chi connectivity index (χ4n) is 2.29. The first-order valence-corrected chi connectivity index (χ1v) is 6.36. The molecule has 0 saturated carbocycles. The van der Waals surface area contributed by atoms with Crippen LogP contribution in [0.1, 0.15) is 19.0 Å². The Hall–Kier alpha value is -2.00. The van der Waals surface area contributed by atoms with Gasteiger partial charge in [-0.3, -0.25) is 15.5 Å². The number of aromatic nitrogens is 2. The molecule has 9 heteroatoms. The van der Waals surface area contributed by atoms with E-state index in [4.69, 9.17) is 5.84 Å². The number of aryl methyl sites for hydroxylation is 1. The summed E-state index contributed by atoms with van der Waals surface area (Å²) in [5, 5.41) is 21.2. The fourth-order valence-corrected chi connectivity index (χ4v) is 2.29. The summed E-state index contributed by atoms with van der Waals surface area (Å²) in [6, 6.07) is 0. The minimum Gasteiger partial charge on any atom is -0.391 e. The maximum absolute atomic E-state index is 11.2. The summed E-state index contributed by atoms with van der Waals surface area (Å²) in [4.78, 5) is 20.4. The molecule has 1 fully saturated rings. The summed E-state index contributed by atoms with van der Waals surface area (Å²) in [6.07, 6.45) is 0.208. The largest absolute Gasteiger partial charge is 0.391 e. The number of rotatable bonds is 3. The zero-order chi connectivity index (χ0) is 14.9. The molecule has 1 aromatic rings. The molecule has 2 unspecified atom stereocenters. The Balaban J connectivity index is 2.43. The Bertz CT molecular complexity index is 523. The highest BCUT2D eigenvalue weighted by Crippen LogP contribution is 2.32. The molecule has 0 aliphatic carbocycles. The van der Waals surface area contributed by atoms with Crippen molar-refractivity contribution in [3.8, 4) is 0 Å². The van der Waals surface area contributed by atoms with Gasteiger partial charge in [0.05, 0.1) is 11.0 Å². The lowest BCUT2D eigenvalue weighted by atomic mass is 9.96. The van der Waals surface area contributed by atoms with Gasteiger partial charge in [0.2, 0.25) is 11.8 Å². The number of aliphatic hydroxyl groups excluding tert-OH is 1. The van der Waals surface area contributed by atoms with Crippen molar-refractivity contribution in [1.29, 1.82) is 0 Å². The number of β-amino-alcohol motifs (C(OH)–C–C–N with tert-alkyl or cyclic N) is 1. The molecule has 0 spiro atoms. The maximum Gasteiger partial charge on any atom is 0.332 e. The lowest BCUT2D eigenvalue weighted by molar-refractivity contribution is -0.385. The normalized spacial score (nSPS) is 22.7. The first-order valence-electron chi connectivity index (χ1n) is 6.36. The maximum atomic E-state index is 11.2. The SMILES string of the molecule is Cc1nc(NN)nc(N2CCC(C)C(O)C2)c1[N+](=O)[O-]. The van der Waals surface area contributed by atoms with Gasteiger partial charge in [0.15, 0.2) is 0 Å².